The van der Waals surface area contributed by atoms with Crippen LogP contribution in [0.3, 0.4) is 0 Å². The largest absolute Gasteiger partial charge is 0.406 e. The minimum Gasteiger partial charge on any atom is -0.369 e. The maximum Gasteiger partial charge on any atom is 0.406 e. The van der Waals surface area contributed by atoms with Crippen molar-refractivity contribution in [1.29, 1.82) is 0 Å². The fourth-order valence-corrected chi connectivity index (χ4v) is 1.49. The molecule has 2 heterocycles. The van der Waals surface area contributed by atoms with Gasteiger partial charge in [-0.3, -0.25) is 4.57 Å². The van der Waals surface area contributed by atoms with E-state index in [1.54, 1.807) is 13.0 Å². The third-order valence-corrected chi connectivity index (χ3v) is 2.20. The van der Waals surface area contributed by atoms with E-state index in [0.717, 1.165) is 10.1 Å². The molecule has 0 aliphatic carbocycles. The van der Waals surface area contributed by atoms with Crippen molar-refractivity contribution in [2.24, 2.45) is 0 Å². The number of aromatic nitrogens is 3. The van der Waals surface area contributed by atoms with Gasteiger partial charge in [-0.25, -0.2) is 9.97 Å². The Balaban J connectivity index is 2.61. The molecule has 0 saturated heterocycles. The van der Waals surface area contributed by atoms with Crippen LogP contribution in [0.1, 0.15) is 5.56 Å². The second-order valence-electron chi connectivity index (χ2n) is 3.47. The molecule has 0 aliphatic rings. The van der Waals surface area contributed by atoms with Crippen LogP contribution in [-0.4, -0.2) is 20.7 Å². The first kappa shape index (κ1) is 10.7. The predicted molar refractivity (Wildman–Crippen MR) is 52.7 cm³/mol. The van der Waals surface area contributed by atoms with Crippen molar-refractivity contribution in [2.75, 3.05) is 5.73 Å². The zero-order valence-corrected chi connectivity index (χ0v) is 8.41. The molecule has 4 nitrogen and oxygen atoms in total. The maximum absolute atomic E-state index is 12.3. The first-order valence-electron chi connectivity index (χ1n) is 4.52. The summed E-state index contributed by atoms with van der Waals surface area (Å²) in [6.45, 7) is 0.570. The summed E-state index contributed by atoms with van der Waals surface area (Å²) in [6.07, 6.45) is -2.90. The Morgan fingerprint density at radius 1 is 1.44 bits per heavy atom. The molecule has 0 aromatic carbocycles. The van der Waals surface area contributed by atoms with E-state index in [1.807, 2.05) is 0 Å². The average Bonchev–Trinajstić information content (AvgIpc) is 2.44. The molecule has 0 saturated carbocycles. The van der Waals surface area contributed by atoms with Gasteiger partial charge < -0.3 is 5.73 Å². The van der Waals surface area contributed by atoms with Crippen LogP contribution in [0.2, 0.25) is 0 Å². The first-order valence-corrected chi connectivity index (χ1v) is 4.52. The molecule has 0 unspecified atom stereocenters. The maximum atomic E-state index is 12.3. The quantitative estimate of drug-likeness (QED) is 0.813. The Morgan fingerprint density at radius 3 is 2.75 bits per heavy atom. The molecule has 2 N–H and O–H groups in total. The first-order chi connectivity index (χ1) is 7.38. The number of hydrogen-bond donors (Lipinski definition) is 1. The van der Waals surface area contributed by atoms with Gasteiger partial charge in [0.25, 0.3) is 0 Å². The van der Waals surface area contributed by atoms with Crippen LogP contribution in [0.5, 0.6) is 0 Å². The predicted octanol–water partition coefficient (Wildman–Crippen LogP) is 1.88. The molecule has 2 aromatic heterocycles. The summed E-state index contributed by atoms with van der Waals surface area (Å²) in [6, 6.07) is 1.67. The number of fused-ring (bicyclic) bond motifs is 1. The van der Waals surface area contributed by atoms with E-state index in [-0.39, 0.29) is 11.6 Å². The van der Waals surface area contributed by atoms with E-state index in [1.165, 1.54) is 6.20 Å². The lowest BCUT2D eigenvalue weighted by Gasteiger charge is -2.08. The summed E-state index contributed by atoms with van der Waals surface area (Å²) in [5, 5.41) is 0. The van der Waals surface area contributed by atoms with Crippen molar-refractivity contribution in [2.45, 2.75) is 19.6 Å². The van der Waals surface area contributed by atoms with Crippen LogP contribution in [0.25, 0.3) is 11.2 Å². The van der Waals surface area contributed by atoms with Gasteiger partial charge in [-0.05, 0) is 18.6 Å². The van der Waals surface area contributed by atoms with Crippen molar-refractivity contribution in [3.8, 4) is 0 Å². The zero-order valence-electron chi connectivity index (χ0n) is 8.41. The lowest BCUT2D eigenvalue weighted by Crippen LogP contribution is -2.19. The number of aryl methyl sites for hydroxylation is 1. The lowest BCUT2D eigenvalue weighted by atomic mass is 10.3. The molecule has 2 rings (SSSR count). The summed E-state index contributed by atoms with van der Waals surface area (Å²) < 4.78 is 37.7. The number of nitrogens with zero attached hydrogens (tertiary/aromatic N) is 3. The minimum absolute atomic E-state index is 0.162. The van der Waals surface area contributed by atoms with Crippen LogP contribution in [-0.2, 0) is 6.54 Å². The highest BCUT2D eigenvalue weighted by molar-refractivity contribution is 5.77. The summed E-state index contributed by atoms with van der Waals surface area (Å²) >= 11 is 0. The standard InChI is InChI=1S/C9H9F3N4/c1-5-2-3-14-7-6(5)15-8(13)16(7)4-9(10,11)12/h2-3H,4H2,1H3,(H2,13,15). The lowest BCUT2D eigenvalue weighted by molar-refractivity contribution is -0.139. The number of alkyl halides is 3. The van der Waals surface area contributed by atoms with Gasteiger partial charge >= 0.3 is 6.18 Å². The van der Waals surface area contributed by atoms with Crippen LogP contribution >= 0.6 is 0 Å². The molecule has 0 atom stereocenters. The molecular formula is C9H9F3N4. The molecule has 0 bridgehead atoms. The molecule has 0 fully saturated rings. The molecule has 0 spiro atoms. The van der Waals surface area contributed by atoms with Crippen LogP contribution in [0.15, 0.2) is 12.3 Å². The Kier molecular flexibility index (Phi) is 2.25. The molecule has 16 heavy (non-hydrogen) atoms. The number of halogens is 3. The fourth-order valence-electron chi connectivity index (χ4n) is 1.49. The van der Waals surface area contributed by atoms with Gasteiger partial charge in [-0.15, -0.1) is 0 Å². The number of nitrogen functional groups attached to an aromatic ring is 1. The molecule has 7 heteroatoms. The molecule has 0 radical (unpaired) electrons. The van der Waals surface area contributed by atoms with Crippen LogP contribution in [0, 0.1) is 6.92 Å². The monoisotopic (exact) mass is 230 g/mol. The van der Waals surface area contributed by atoms with Crippen molar-refractivity contribution in [3.63, 3.8) is 0 Å². The van der Waals surface area contributed by atoms with E-state index in [4.69, 9.17) is 5.73 Å². The smallest absolute Gasteiger partial charge is 0.369 e. The van der Waals surface area contributed by atoms with E-state index in [9.17, 15) is 13.2 Å². The van der Waals surface area contributed by atoms with Gasteiger partial charge in [-0.1, -0.05) is 0 Å². The normalized spacial score (nSPS) is 12.2. The number of hydrogen-bond acceptors (Lipinski definition) is 3. The van der Waals surface area contributed by atoms with E-state index in [2.05, 4.69) is 9.97 Å². The van der Waals surface area contributed by atoms with Crippen LogP contribution < -0.4 is 5.73 Å². The number of anilines is 1. The Labute approximate surface area is 88.9 Å². The summed E-state index contributed by atoms with van der Waals surface area (Å²) in [4.78, 5) is 7.74. The summed E-state index contributed by atoms with van der Waals surface area (Å²) in [7, 11) is 0. The van der Waals surface area contributed by atoms with Crippen LogP contribution in [0.4, 0.5) is 19.1 Å². The Bertz CT molecular complexity index is 529. The third kappa shape index (κ3) is 1.80. The third-order valence-electron chi connectivity index (χ3n) is 2.20. The zero-order chi connectivity index (χ0) is 11.9. The van der Waals surface area contributed by atoms with Gasteiger partial charge in [0.2, 0.25) is 5.95 Å². The number of imidazole rings is 1. The van der Waals surface area contributed by atoms with E-state index >= 15 is 0 Å². The molecular weight excluding hydrogens is 221 g/mol. The van der Waals surface area contributed by atoms with Crippen molar-refractivity contribution in [1.82, 2.24) is 14.5 Å². The number of pyridine rings is 1. The molecule has 0 aliphatic heterocycles. The summed E-state index contributed by atoms with van der Waals surface area (Å²) in [5.74, 6) is -0.172. The highest BCUT2D eigenvalue weighted by Crippen LogP contribution is 2.24. The number of nitrogens with two attached hydrogens (primary N) is 1. The molecule has 86 valence electrons. The Hall–Kier alpha value is -1.79. The van der Waals surface area contributed by atoms with Gasteiger partial charge in [0.15, 0.2) is 5.65 Å². The summed E-state index contributed by atoms with van der Waals surface area (Å²) in [5.41, 5.74) is 6.76. The van der Waals surface area contributed by atoms with Crippen molar-refractivity contribution >= 4 is 17.1 Å². The average molecular weight is 230 g/mol. The molecule has 2 aromatic rings. The van der Waals surface area contributed by atoms with Gasteiger partial charge in [0, 0.05) is 6.20 Å². The van der Waals surface area contributed by atoms with Gasteiger partial charge in [-0.2, -0.15) is 13.2 Å². The van der Waals surface area contributed by atoms with E-state index < -0.39 is 12.7 Å². The highest BCUT2D eigenvalue weighted by Gasteiger charge is 2.30. The van der Waals surface area contributed by atoms with Crippen molar-refractivity contribution in [3.05, 3.63) is 17.8 Å². The highest BCUT2D eigenvalue weighted by atomic mass is 19.4. The second kappa shape index (κ2) is 3.36. The fraction of sp³-hybridized carbons (Fsp3) is 0.333. The molecule has 0 amide bonds. The number of rotatable bonds is 1. The topological polar surface area (TPSA) is 56.7 Å². The van der Waals surface area contributed by atoms with Gasteiger partial charge in [0.05, 0.1) is 0 Å². The van der Waals surface area contributed by atoms with E-state index in [0.29, 0.717) is 5.52 Å². The van der Waals surface area contributed by atoms with Crippen molar-refractivity contribution < 1.29 is 13.2 Å². The minimum atomic E-state index is -4.34. The van der Waals surface area contributed by atoms with Gasteiger partial charge in [0.1, 0.15) is 12.1 Å². The second-order valence-corrected chi connectivity index (χ2v) is 3.47. The Morgan fingerprint density at radius 2 is 2.12 bits per heavy atom. The SMILES string of the molecule is Cc1ccnc2c1nc(N)n2CC(F)(F)F.